The predicted molar refractivity (Wildman–Crippen MR) is 94.7 cm³/mol. The Morgan fingerprint density at radius 2 is 2.08 bits per heavy atom. The summed E-state index contributed by atoms with van der Waals surface area (Å²) >= 11 is 0. The van der Waals surface area contributed by atoms with Crippen LogP contribution in [0.5, 0.6) is 0 Å². The summed E-state index contributed by atoms with van der Waals surface area (Å²) in [5.74, 6) is 0.393. The number of rotatable bonds is 7. The Kier molecular flexibility index (Phi) is 6.29. The summed E-state index contributed by atoms with van der Waals surface area (Å²) in [6, 6.07) is 8.30. The second-order valence-electron chi connectivity index (χ2n) is 6.87. The summed E-state index contributed by atoms with van der Waals surface area (Å²) in [4.78, 5) is 12.2. The standard InChI is InChI=1S/C19H28N2O4/c22-9-12-25-19(7-10-24-11-8-19)14-21-18(23)20-13-16-6-5-15-3-1-2-4-17(15)16/h1-4,16,22H,5-14H2,(H2,20,21,23)/t16-/m1/s1. The van der Waals surface area contributed by atoms with E-state index in [9.17, 15) is 4.79 Å². The van der Waals surface area contributed by atoms with Crippen LogP contribution >= 0.6 is 0 Å². The first-order valence-electron chi connectivity index (χ1n) is 9.14. The van der Waals surface area contributed by atoms with Gasteiger partial charge in [-0.1, -0.05) is 24.3 Å². The molecule has 1 heterocycles. The summed E-state index contributed by atoms with van der Waals surface area (Å²) in [5, 5.41) is 14.9. The fourth-order valence-electron chi connectivity index (χ4n) is 3.75. The third-order valence-corrected chi connectivity index (χ3v) is 5.24. The molecule has 1 aliphatic heterocycles. The van der Waals surface area contributed by atoms with Crippen molar-refractivity contribution in [3.63, 3.8) is 0 Å². The molecule has 1 aromatic carbocycles. The lowest BCUT2D eigenvalue weighted by atomic mass is 9.94. The average Bonchev–Trinajstić information content (AvgIpc) is 3.07. The second-order valence-corrected chi connectivity index (χ2v) is 6.87. The van der Waals surface area contributed by atoms with E-state index in [2.05, 4.69) is 34.9 Å². The van der Waals surface area contributed by atoms with E-state index in [1.165, 1.54) is 11.1 Å². The third-order valence-electron chi connectivity index (χ3n) is 5.24. The Balaban J connectivity index is 1.46. The minimum Gasteiger partial charge on any atom is -0.394 e. The average molecular weight is 348 g/mol. The largest absolute Gasteiger partial charge is 0.394 e. The molecular formula is C19H28N2O4. The molecule has 0 unspecified atom stereocenters. The van der Waals surface area contributed by atoms with Crippen LogP contribution in [0.3, 0.4) is 0 Å². The van der Waals surface area contributed by atoms with Crippen LogP contribution in [-0.4, -0.2) is 56.3 Å². The van der Waals surface area contributed by atoms with Crippen molar-refractivity contribution in [2.75, 3.05) is 39.5 Å². The van der Waals surface area contributed by atoms with Crippen molar-refractivity contribution in [2.24, 2.45) is 0 Å². The summed E-state index contributed by atoms with van der Waals surface area (Å²) in [5.41, 5.74) is 2.32. The molecule has 6 nitrogen and oxygen atoms in total. The number of urea groups is 1. The van der Waals surface area contributed by atoms with Gasteiger partial charge in [-0.25, -0.2) is 4.79 Å². The number of carbonyl (C=O) groups is 1. The minimum atomic E-state index is -0.432. The van der Waals surface area contributed by atoms with Gasteiger partial charge in [0, 0.05) is 45.1 Å². The lowest BCUT2D eigenvalue weighted by molar-refractivity contribution is -0.114. The number of ether oxygens (including phenoxy) is 2. The van der Waals surface area contributed by atoms with Crippen LogP contribution in [0.2, 0.25) is 0 Å². The molecule has 1 aliphatic carbocycles. The van der Waals surface area contributed by atoms with E-state index >= 15 is 0 Å². The van der Waals surface area contributed by atoms with Crippen molar-refractivity contribution in [2.45, 2.75) is 37.2 Å². The quantitative estimate of drug-likeness (QED) is 0.699. The van der Waals surface area contributed by atoms with Gasteiger partial charge in [0.2, 0.25) is 0 Å². The molecule has 1 atom stereocenters. The van der Waals surface area contributed by atoms with Gasteiger partial charge in [0.15, 0.2) is 0 Å². The molecule has 0 spiro atoms. The van der Waals surface area contributed by atoms with E-state index in [-0.39, 0.29) is 19.2 Å². The smallest absolute Gasteiger partial charge is 0.314 e. The Morgan fingerprint density at radius 1 is 1.28 bits per heavy atom. The molecule has 3 rings (SSSR count). The molecule has 6 heteroatoms. The molecule has 1 aromatic rings. The molecular weight excluding hydrogens is 320 g/mol. The minimum absolute atomic E-state index is 0.0180. The van der Waals surface area contributed by atoms with E-state index in [0.29, 0.717) is 32.2 Å². The van der Waals surface area contributed by atoms with Gasteiger partial charge in [0.05, 0.1) is 18.8 Å². The Labute approximate surface area is 148 Å². The Hall–Kier alpha value is -1.63. The molecule has 25 heavy (non-hydrogen) atoms. The maximum Gasteiger partial charge on any atom is 0.314 e. The number of nitrogens with one attached hydrogen (secondary N) is 2. The number of aliphatic hydroxyl groups is 1. The summed E-state index contributed by atoms with van der Waals surface area (Å²) in [7, 11) is 0. The lowest BCUT2D eigenvalue weighted by Gasteiger charge is -2.37. The zero-order valence-electron chi connectivity index (χ0n) is 14.6. The van der Waals surface area contributed by atoms with Crippen LogP contribution in [0.15, 0.2) is 24.3 Å². The van der Waals surface area contributed by atoms with Crippen LogP contribution in [-0.2, 0) is 15.9 Å². The van der Waals surface area contributed by atoms with Crippen molar-refractivity contribution in [1.29, 1.82) is 0 Å². The number of fused-ring (bicyclic) bond motifs is 1. The number of hydrogen-bond acceptors (Lipinski definition) is 4. The highest BCUT2D eigenvalue weighted by Crippen LogP contribution is 2.32. The summed E-state index contributed by atoms with van der Waals surface area (Å²) in [6.45, 7) is 2.58. The normalized spacial score (nSPS) is 21.6. The lowest BCUT2D eigenvalue weighted by Crippen LogP contribution is -2.51. The number of carbonyl (C=O) groups excluding carboxylic acids is 1. The van der Waals surface area contributed by atoms with E-state index < -0.39 is 5.60 Å². The van der Waals surface area contributed by atoms with Gasteiger partial charge in [-0.05, 0) is 24.0 Å². The number of benzene rings is 1. The first-order chi connectivity index (χ1) is 12.2. The van der Waals surface area contributed by atoms with Crippen LogP contribution in [0.1, 0.15) is 36.3 Å². The van der Waals surface area contributed by atoms with Gasteiger partial charge in [0.25, 0.3) is 0 Å². The number of aryl methyl sites for hydroxylation is 1. The molecule has 0 bridgehead atoms. The highest BCUT2D eigenvalue weighted by Gasteiger charge is 2.34. The maximum atomic E-state index is 12.2. The van der Waals surface area contributed by atoms with Crippen LogP contribution < -0.4 is 10.6 Å². The molecule has 0 saturated carbocycles. The Morgan fingerprint density at radius 3 is 2.88 bits per heavy atom. The number of amides is 2. The molecule has 1 fully saturated rings. The van der Waals surface area contributed by atoms with Crippen LogP contribution in [0, 0.1) is 0 Å². The van der Waals surface area contributed by atoms with Crippen molar-refractivity contribution in [3.8, 4) is 0 Å². The fourth-order valence-corrected chi connectivity index (χ4v) is 3.75. The molecule has 2 amide bonds. The zero-order valence-corrected chi connectivity index (χ0v) is 14.6. The summed E-state index contributed by atoms with van der Waals surface area (Å²) < 4.78 is 11.2. The van der Waals surface area contributed by atoms with Crippen molar-refractivity contribution < 1.29 is 19.4 Å². The second kappa shape index (κ2) is 8.65. The molecule has 0 radical (unpaired) electrons. The highest BCUT2D eigenvalue weighted by atomic mass is 16.5. The van der Waals surface area contributed by atoms with Crippen molar-refractivity contribution >= 4 is 6.03 Å². The van der Waals surface area contributed by atoms with Gasteiger partial charge < -0.3 is 25.2 Å². The first-order valence-corrected chi connectivity index (χ1v) is 9.14. The van der Waals surface area contributed by atoms with Crippen LogP contribution in [0.25, 0.3) is 0 Å². The predicted octanol–water partition coefficient (Wildman–Crippen LogP) is 1.57. The molecule has 3 N–H and O–H groups in total. The van der Waals surface area contributed by atoms with E-state index in [4.69, 9.17) is 14.6 Å². The first kappa shape index (κ1) is 18.2. The van der Waals surface area contributed by atoms with Gasteiger partial charge in [0.1, 0.15) is 0 Å². The molecule has 1 saturated heterocycles. The molecule has 2 aliphatic rings. The van der Waals surface area contributed by atoms with E-state index in [1.807, 2.05) is 0 Å². The number of hydrogen-bond donors (Lipinski definition) is 3. The zero-order chi connectivity index (χ0) is 17.5. The molecule has 138 valence electrons. The Bertz CT molecular complexity index is 572. The maximum absolute atomic E-state index is 12.2. The van der Waals surface area contributed by atoms with E-state index in [1.54, 1.807) is 0 Å². The summed E-state index contributed by atoms with van der Waals surface area (Å²) in [6.07, 6.45) is 3.62. The van der Waals surface area contributed by atoms with Gasteiger partial charge in [-0.15, -0.1) is 0 Å². The van der Waals surface area contributed by atoms with Crippen molar-refractivity contribution in [1.82, 2.24) is 10.6 Å². The third kappa shape index (κ3) is 4.71. The van der Waals surface area contributed by atoms with Crippen LogP contribution in [0.4, 0.5) is 4.79 Å². The monoisotopic (exact) mass is 348 g/mol. The highest BCUT2D eigenvalue weighted by molar-refractivity contribution is 5.74. The van der Waals surface area contributed by atoms with Crippen molar-refractivity contribution in [3.05, 3.63) is 35.4 Å². The topological polar surface area (TPSA) is 79.8 Å². The van der Waals surface area contributed by atoms with E-state index in [0.717, 1.165) is 25.7 Å². The molecule has 0 aromatic heterocycles. The SMILES string of the molecule is O=C(NC[C@H]1CCc2ccccc21)NCC1(OCCO)CCOCC1. The fraction of sp³-hybridized carbons (Fsp3) is 0.632. The number of aliphatic hydroxyl groups excluding tert-OH is 1. The van der Waals surface area contributed by atoms with Gasteiger partial charge in [-0.3, -0.25) is 0 Å². The van der Waals surface area contributed by atoms with Gasteiger partial charge >= 0.3 is 6.03 Å². The van der Waals surface area contributed by atoms with Gasteiger partial charge in [-0.2, -0.15) is 0 Å².